The van der Waals surface area contributed by atoms with Crippen molar-refractivity contribution in [3.63, 3.8) is 0 Å². The molecule has 0 radical (unpaired) electrons. The van der Waals surface area contributed by atoms with Crippen molar-refractivity contribution >= 4 is 40.0 Å². The van der Waals surface area contributed by atoms with Gasteiger partial charge < -0.3 is 25.2 Å². The maximum atomic E-state index is 12.3. The molecule has 5 rings (SSSR count). The number of nitrogens with one attached hydrogen (secondary N) is 2. The Morgan fingerprint density at radius 1 is 1.05 bits per heavy atom. The molecule has 0 spiro atoms. The zero-order valence-electron chi connectivity index (χ0n) is 21.5. The number of benzene rings is 1. The van der Waals surface area contributed by atoms with Crippen molar-refractivity contribution in [3.8, 4) is 11.3 Å². The van der Waals surface area contributed by atoms with Gasteiger partial charge in [-0.1, -0.05) is 24.3 Å². The summed E-state index contributed by atoms with van der Waals surface area (Å²) in [5, 5.41) is 7.04. The number of ether oxygens (including phenoxy) is 1. The Kier molecular flexibility index (Phi) is 7.81. The van der Waals surface area contributed by atoms with Crippen molar-refractivity contribution in [2.24, 2.45) is 0 Å². The van der Waals surface area contributed by atoms with Gasteiger partial charge >= 0.3 is 0 Å². The summed E-state index contributed by atoms with van der Waals surface area (Å²) in [6, 6.07) is 13.4. The highest BCUT2D eigenvalue weighted by Crippen LogP contribution is 2.28. The zero-order valence-corrected chi connectivity index (χ0v) is 21.5. The molecular weight excluding hydrogens is 480 g/mol. The monoisotopic (exact) mass is 510 g/mol. The summed E-state index contributed by atoms with van der Waals surface area (Å²) >= 11 is 0. The van der Waals surface area contributed by atoms with Crippen LogP contribution in [0.25, 0.3) is 22.2 Å². The fraction of sp³-hybridized carbons (Fsp3) is 0.250. The third-order valence-electron chi connectivity index (χ3n) is 5.99. The number of fused-ring (bicyclic) bond motifs is 1. The van der Waals surface area contributed by atoms with Crippen LogP contribution in [0.4, 0.5) is 23.1 Å². The van der Waals surface area contributed by atoms with Gasteiger partial charge in [0, 0.05) is 54.7 Å². The lowest BCUT2D eigenvalue weighted by molar-refractivity contribution is -0.111. The molecule has 194 valence electrons. The fourth-order valence-electron chi connectivity index (χ4n) is 4.10. The van der Waals surface area contributed by atoms with E-state index in [0.717, 1.165) is 41.1 Å². The number of pyridine rings is 2. The molecule has 1 aliphatic heterocycles. The van der Waals surface area contributed by atoms with Gasteiger partial charge in [0.2, 0.25) is 11.9 Å². The lowest BCUT2D eigenvalue weighted by atomic mass is 10.1. The number of nitrogens with zero attached hydrogens (tertiary/aromatic N) is 6. The highest BCUT2D eigenvalue weighted by Gasteiger charge is 2.13. The van der Waals surface area contributed by atoms with E-state index in [-0.39, 0.29) is 5.91 Å². The molecular formula is C28H30N8O2. The summed E-state index contributed by atoms with van der Waals surface area (Å²) in [6.45, 7) is 3.79. The molecule has 0 atom stereocenters. The third kappa shape index (κ3) is 6.28. The van der Waals surface area contributed by atoms with Gasteiger partial charge in [-0.3, -0.25) is 9.78 Å². The van der Waals surface area contributed by atoms with E-state index in [9.17, 15) is 4.79 Å². The Labute approximate surface area is 221 Å². The van der Waals surface area contributed by atoms with Gasteiger partial charge in [-0.15, -0.1) is 0 Å². The first-order valence-electron chi connectivity index (χ1n) is 12.5. The first-order valence-corrected chi connectivity index (χ1v) is 12.5. The Morgan fingerprint density at radius 2 is 1.92 bits per heavy atom. The number of morpholine rings is 1. The Balaban J connectivity index is 1.35. The molecule has 1 amide bonds. The SMILES string of the molecule is CN(C)CC=CC(=O)Nc1ccnc(-c2cccc3cnc(Nc4ccc(N5CCOCC5)nc4)nc23)c1. The largest absolute Gasteiger partial charge is 0.378 e. The number of carbonyl (C=O) groups is 1. The average molecular weight is 511 g/mol. The number of likely N-dealkylation sites (N-methyl/N-ethyl adjacent to an activating group) is 1. The molecule has 0 saturated carbocycles. The summed E-state index contributed by atoms with van der Waals surface area (Å²) in [5.41, 5.74) is 3.75. The van der Waals surface area contributed by atoms with E-state index in [2.05, 4.69) is 30.5 Å². The minimum atomic E-state index is -0.191. The number of carbonyl (C=O) groups excluding carboxylic acids is 1. The number of rotatable bonds is 8. The van der Waals surface area contributed by atoms with Crippen LogP contribution in [0.15, 0.2) is 73.2 Å². The van der Waals surface area contributed by atoms with Crippen molar-refractivity contribution in [3.05, 3.63) is 73.2 Å². The summed E-state index contributed by atoms with van der Waals surface area (Å²) in [5.74, 6) is 1.19. The normalized spacial score (nSPS) is 13.8. The molecule has 1 aromatic carbocycles. The number of hydrogen-bond donors (Lipinski definition) is 2. The molecule has 1 fully saturated rings. The van der Waals surface area contributed by atoms with Gasteiger partial charge in [0.25, 0.3) is 0 Å². The van der Waals surface area contributed by atoms with E-state index >= 15 is 0 Å². The molecule has 0 aliphatic carbocycles. The molecule has 10 heteroatoms. The minimum absolute atomic E-state index is 0.191. The highest BCUT2D eigenvalue weighted by molar-refractivity contribution is 6.00. The van der Waals surface area contributed by atoms with E-state index < -0.39 is 0 Å². The van der Waals surface area contributed by atoms with Gasteiger partial charge in [-0.2, -0.15) is 0 Å². The molecule has 1 saturated heterocycles. The molecule has 1 aliphatic rings. The quantitative estimate of drug-likeness (QED) is 0.343. The van der Waals surface area contributed by atoms with Crippen molar-refractivity contribution < 1.29 is 9.53 Å². The first-order chi connectivity index (χ1) is 18.5. The first kappa shape index (κ1) is 25.2. The average Bonchev–Trinajstić information content (AvgIpc) is 2.93. The van der Waals surface area contributed by atoms with Crippen molar-refractivity contribution in [1.82, 2.24) is 24.8 Å². The van der Waals surface area contributed by atoms with E-state index in [1.54, 1.807) is 24.7 Å². The minimum Gasteiger partial charge on any atom is -0.378 e. The second-order valence-electron chi connectivity index (χ2n) is 9.15. The summed E-state index contributed by atoms with van der Waals surface area (Å²) in [7, 11) is 3.90. The van der Waals surface area contributed by atoms with E-state index in [0.29, 0.717) is 37.1 Å². The Bertz CT molecular complexity index is 1430. The standard InChI is InChI=1S/C28H30N8O2/c1-35(2)12-4-7-26(37)32-21-10-11-29-24(17-21)23-6-3-5-20-18-31-28(34-27(20)23)33-22-8-9-25(30-19-22)36-13-15-38-16-14-36/h3-11,17-19H,12-16H2,1-2H3,(H,29,32,37)(H,31,33,34). The van der Waals surface area contributed by atoms with Crippen LogP contribution in [0.5, 0.6) is 0 Å². The topological polar surface area (TPSA) is 108 Å². The van der Waals surface area contributed by atoms with Crippen molar-refractivity contribution in [2.45, 2.75) is 0 Å². The highest BCUT2D eigenvalue weighted by atomic mass is 16.5. The lowest BCUT2D eigenvalue weighted by Gasteiger charge is -2.27. The summed E-state index contributed by atoms with van der Waals surface area (Å²) in [4.78, 5) is 34.9. The summed E-state index contributed by atoms with van der Waals surface area (Å²) < 4.78 is 5.42. The number of amides is 1. The predicted molar refractivity (Wildman–Crippen MR) is 150 cm³/mol. The zero-order chi connectivity index (χ0) is 26.3. The second-order valence-corrected chi connectivity index (χ2v) is 9.15. The lowest BCUT2D eigenvalue weighted by Crippen LogP contribution is -2.36. The molecule has 10 nitrogen and oxygen atoms in total. The molecule has 38 heavy (non-hydrogen) atoms. The van der Waals surface area contributed by atoms with Gasteiger partial charge in [0.15, 0.2) is 0 Å². The van der Waals surface area contributed by atoms with E-state index in [4.69, 9.17) is 9.72 Å². The van der Waals surface area contributed by atoms with Crippen molar-refractivity contribution in [2.75, 3.05) is 62.5 Å². The smallest absolute Gasteiger partial charge is 0.248 e. The van der Waals surface area contributed by atoms with Crippen LogP contribution in [-0.2, 0) is 9.53 Å². The molecule has 2 N–H and O–H groups in total. The van der Waals surface area contributed by atoms with Gasteiger partial charge in [0.05, 0.1) is 36.3 Å². The maximum Gasteiger partial charge on any atom is 0.248 e. The third-order valence-corrected chi connectivity index (χ3v) is 5.99. The maximum absolute atomic E-state index is 12.3. The molecule has 0 bridgehead atoms. The summed E-state index contributed by atoms with van der Waals surface area (Å²) in [6.07, 6.45) is 8.59. The van der Waals surface area contributed by atoms with Crippen LogP contribution in [0.3, 0.4) is 0 Å². The number of hydrogen-bond acceptors (Lipinski definition) is 9. The van der Waals surface area contributed by atoms with Crippen LogP contribution >= 0.6 is 0 Å². The van der Waals surface area contributed by atoms with Crippen molar-refractivity contribution in [1.29, 1.82) is 0 Å². The number of anilines is 4. The molecule has 0 unspecified atom stereocenters. The second kappa shape index (κ2) is 11.8. The molecule has 3 aromatic heterocycles. The van der Waals surface area contributed by atoms with Crippen LogP contribution in [-0.4, -0.2) is 77.7 Å². The molecule has 4 heterocycles. The van der Waals surface area contributed by atoms with Gasteiger partial charge in [-0.25, -0.2) is 15.0 Å². The Hall–Kier alpha value is -4.41. The van der Waals surface area contributed by atoms with Crippen LogP contribution in [0, 0.1) is 0 Å². The predicted octanol–water partition coefficient (Wildman–Crippen LogP) is 3.72. The van der Waals surface area contributed by atoms with E-state index in [1.807, 2.05) is 61.5 Å². The number of aromatic nitrogens is 4. The van der Waals surface area contributed by atoms with Gasteiger partial charge in [0.1, 0.15) is 5.82 Å². The van der Waals surface area contributed by atoms with Crippen LogP contribution in [0.2, 0.25) is 0 Å². The fourth-order valence-corrected chi connectivity index (χ4v) is 4.10. The van der Waals surface area contributed by atoms with E-state index in [1.165, 1.54) is 6.08 Å². The van der Waals surface area contributed by atoms with Gasteiger partial charge in [-0.05, 0) is 38.4 Å². The number of para-hydroxylation sites is 1. The van der Waals surface area contributed by atoms with Crippen LogP contribution < -0.4 is 15.5 Å². The Morgan fingerprint density at radius 3 is 2.71 bits per heavy atom. The molecule has 4 aromatic rings. The van der Waals surface area contributed by atoms with Crippen LogP contribution in [0.1, 0.15) is 0 Å².